The van der Waals surface area contributed by atoms with E-state index in [9.17, 15) is 5.11 Å². The summed E-state index contributed by atoms with van der Waals surface area (Å²) in [6.45, 7) is 4.20. The molecule has 5 heteroatoms. The van der Waals surface area contributed by atoms with Crippen LogP contribution >= 0.6 is 0 Å². The lowest BCUT2D eigenvalue weighted by atomic mass is 9.85. The maximum Gasteiger partial charge on any atom is 0.112 e. The van der Waals surface area contributed by atoms with Crippen LogP contribution in [-0.4, -0.2) is 26.6 Å². The lowest BCUT2D eigenvalue weighted by Gasteiger charge is -2.26. The Labute approximate surface area is 77.6 Å². The number of aryl methyl sites for hydroxylation is 1. The lowest BCUT2D eigenvalue weighted by Crippen LogP contribution is -2.30. The summed E-state index contributed by atoms with van der Waals surface area (Å²) in [4.78, 5) is 0. The maximum absolute atomic E-state index is 9.87. The zero-order chi connectivity index (χ0) is 10.1. The fourth-order valence-corrected chi connectivity index (χ4v) is 1.00. The SMILES string of the molecule is Cn1cc(C(O)C(C)(C)CN)nn1. The molecule has 0 aliphatic carbocycles. The molecule has 0 saturated carbocycles. The molecule has 1 aromatic heterocycles. The van der Waals surface area contributed by atoms with Gasteiger partial charge in [-0.25, -0.2) is 0 Å². The van der Waals surface area contributed by atoms with Crippen molar-refractivity contribution in [2.45, 2.75) is 20.0 Å². The Kier molecular flexibility index (Phi) is 2.68. The fraction of sp³-hybridized carbons (Fsp3) is 0.750. The van der Waals surface area contributed by atoms with E-state index in [1.807, 2.05) is 13.8 Å². The van der Waals surface area contributed by atoms with Gasteiger partial charge < -0.3 is 10.8 Å². The molecule has 13 heavy (non-hydrogen) atoms. The maximum atomic E-state index is 9.87. The molecule has 1 atom stereocenters. The standard InChI is InChI=1S/C8H16N4O/c1-8(2,5-9)7(13)6-4-12(3)11-10-6/h4,7,13H,5,9H2,1-3H3. The number of nitrogens with two attached hydrogens (primary N) is 1. The minimum absolute atomic E-state index is 0.365. The number of aromatic nitrogens is 3. The van der Waals surface area contributed by atoms with E-state index in [1.54, 1.807) is 17.9 Å². The summed E-state index contributed by atoms with van der Waals surface area (Å²) < 4.78 is 1.56. The molecular formula is C8H16N4O. The first-order valence-corrected chi connectivity index (χ1v) is 4.22. The van der Waals surface area contributed by atoms with Crippen LogP contribution in [0.15, 0.2) is 6.20 Å². The second kappa shape index (κ2) is 3.43. The van der Waals surface area contributed by atoms with Crippen molar-refractivity contribution in [3.8, 4) is 0 Å². The minimum atomic E-state index is -0.661. The van der Waals surface area contributed by atoms with Gasteiger partial charge in [-0.1, -0.05) is 19.1 Å². The lowest BCUT2D eigenvalue weighted by molar-refractivity contribution is 0.0518. The molecule has 0 radical (unpaired) electrons. The summed E-state index contributed by atoms with van der Waals surface area (Å²) in [5.41, 5.74) is 5.74. The van der Waals surface area contributed by atoms with E-state index in [4.69, 9.17) is 5.73 Å². The van der Waals surface area contributed by atoms with E-state index in [0.717, 1.165) is 0 Å². The molecule has 0 aliphatic rings. The van der Waals surface area contributed by atoms with Gasteiger partial charge in [0, 0.05) is 19.0 Å². The molecule has 0 amide bonds. The molecule has 5 nitrogen and oxygen atoms in total. The number of nitrogens with zero attached hydrogens (tertiary/aromatic N) is 3. The minimum Gasteiger partial charge on any atom is -0.386 e. The van der Waals surface area contributed by atoms with Gasteiger partial charge >= 0.3 is 0 Å². The van der Waals surface area contributed by atoms with Gasteiger partial charge in [-0.15, -0.1) is 5.10 Å². The summed E-state index contributed by atoms with van der Waals surface area (Å²) in [6.07, 6.45) is 1.04. The Morgan fingerprint density at radius 2 is 2.31 bits per heavy atom. The van der Waals surface area contributed by atoms with Crippen LogP contribution in [0.1, 0.15) is 25.6 Å². The Morgan fingerprint density at radius 1 is 1.69 bits per heavy atom. The first kappa shape index (κ1) is 10.1. The molecule has 0 saturated heterocycles. The molecule has 1 unspecified atom stereocenters. The van der Waals surface area contributed by atoms with Gasteiger partial charge in [-0.3, -0.25) is 4.68 Å². The molecular weight excluding hydrogens is 168 g/mol. The molecule has 1 heterocycles. The van der Waals surface area contributed by atoms with Crippen molar-refractivity contribution in [1.29, 1.82) is 0 Å². The van der Waals surface area contributed by atoms with Crippen molar-refractivity contribution in [2.24, 2.45) is 18.2 Å². The zero-order valence-corrected chi connectivity index (χ0v) is 8.23. The molecule has 3 N–H and O–H groups in total. The van der Waals surface area contributed by atoms with E-state index in [2.05, 4.69) is 10.3 Å². The number of rotatable bonds is 3. The molecule has 74 valence electrons. The zero-order valence-electron chi connectivity index (χ0n) is 8.23. The highest BCUT2D eigenvalue weighted by atomic mass is 16.3. The van der Waals surface area contributed by atoms with Crippen molar-refractivity contribution in [3.63, 3.8) is 0 Å². The first-order chi connectivity index (χ1) is 5.97. The van der Waals surface area contributed by atoms with E-state index in [-0.39, 0.29) is 5.41 Å². The third kappa shape index (κ3) is 2.05. The van der Waals surface area contributed by atoms with Gasteiger partial charge in [-0.2, -0.15) is 0 Å². The predicted molar refractivity (Wildman–Crippen MR) is 48.8 cm³/mol. The average molecular weight is 184 g/mol. The number of aliphatic hydroxyl groups excluding tert-OH is 1. The fourth-order valence-electron chi connectivity index (χ4n) is 1.00. The van der Waals surface area contributed by atoms with Crippen LogP contribution in [0.2, 0.25) is 0 Å². The highest BCUT2D eigenvalue weighted by Crippen LogP contribution is 2.30. The number of hydrogen-bond acceptors (Lipinski definition) is 4. The van der Waals surface area contributed by atoms with Crippen LogP contribution in [-0.2, 0) is 7.05 Å². The van der Waals surface area contributed by atoms with E-state index in [0.29, 0.717) is 12.2 Å². The van der Waals surface area contributed by atoms with Crippen LogP contribution in [0.4, 0.5) is 0 Å². The Morgan fingerprint density at radius 3 is 2.69 bits per heavy atom. The summed E-state index contributed by atoms with van der Waals surface area (Å²) in [5.74, 6) is 0. The normalized spacial score (nSPS) is 14.5. The molecule has 0 fully saturated rings. The summed E-state index contributed by atoms with van der Waals surface area (Å²) >= 11 is 0. The summed E-state index contributed by atoms with van der Waals surface area (Å²) in [6, 6.07) is 0. The van der Waals surface area contributed by atoms with Gasteiger partial charge in [-0.05, 0) is 0 Å². The third-order valence-electron chi connectivity index (χ3n) is 2.17. The molecule has 0 aromatic carbocycles. The van der Waals surface area contributed by atoms with Gasteiger partial charge in [0.15, 0.2) is 0 Å². The average Bonchev–Trinajstić information content (AvgIpc) is 2.50. The van der Waals surface area contributed by atoms with Gasteiger partial charge in [0.2, 0.25) is 0 Å². The molecule has 1 aromatic rings. The van der Waals surface area contributed by atoms with Gasteiger partial charge in [0.1, 0.15) is 11.8 Å². The summed E-state index contributed by atoms with van der Waals surface area (Å²) in [5, 5.41) is 17.5. The second-order valence-electron chi connectivity index (χ2n) is 3.91. The molecule has 1 rings (SSSR count). The Balaban J connectivity index is 2.84. The third-order valence-corrected chi connectivity index (χ3v) is 2.17. The van der Waals surface area contributed by atoms with Crippen LogP contribution in [0.3, 0.4) is 0 Å². The van der Waals surface area contributed by atoms with E-state index < -0.39 is 6.10 Å². The van der Waals surface area contributed by atoms with Crippen LogP contribution < -0.4 is 5.73 Å². The van der Waals surface area contributed by atoms with Crippen LogP contribution in [0.25, 0.3) is 0 Å². The smallest absolute Gasteiger partial charge is 0.112 e. The van der Waals surface area contributed by atoms with Gasteiger partial charge in [0.05, 0.1) is 6.20 Å². The Bertz CT molecular complexity index is 281. The highest BCUT2D eigenvalue weighted by molar-refractivity contribution is 5.02. The van der Waals surface area contributed by atoms with Crippen molar-refractivity contribution >= 4 is 0 Å². The molecule has 0 bridgehead atoms. The quantitative estimate of drug-likeness (QED) is 0.684. The second-order valence-corrected chi connectivity index (χ2v) is 3.91. The molecule has 0 spiro atoms. The van der Waals surface area contributed by atoms with Gasteiger partial charge in [0.25, 0.3) is 0 Å². The highest BCUT2D eigenvalue weighted by Gasteiger charge is 2.29. The monoisotopic (exact) mass is 184 g/mol. The van der Waals surface area contributed by atoms with Crippen molar-refractivity contribution < 1.29 is 5.11 Å². The first-order valence-electron chi connectivity index (χ1n) is 4.22. The topological polar surface area (TPSA) is 77.0 Å². The largest absolute Gasteiger partial charge is 0.386 e. The number of aliphatic hydroxyl groups is 1. The summed E-state index contributed by atoms with van der Waals surface area (Å²) in [7, 11) is 1.76. The predicted octanol–water partition coefficient (Wildman–Crippen LogP) is -0.167. The van der Waals surface area contributed by atoms with Crippen molar-refractivity contribution in [3.05, 3.63) is 11.9 Å². The van der Waals surface area contributed by atoms with Crippen LogP contribution in [0, 0.1) is 5.41 Å². The van der Waals surface area contributed by atoms with E-state index in [1.165, 1.54) is 0 Å². The number of hydrogen-bond donors (Lipinski definition) is 2. The van der Waals surface area contributed by atoms with Crippen LogP contribution in [0.5, 0.6) is 0 Å². The van der Waals surface area contributed by atoms with E-state index >= 15 is 0 Å². The van der Waals surface area contributed by atoms with Crippen molar-refractivity contribution in [1.82, 2.24) is 15.0 Å². The molecule has 0 aliphatic heterocycles. The Hall–Kier alpha value is -0.940. The van der Waals surface area contributed by atoms with Crippen molar-refractivity contribution in [2.75, 3.05) is 6.54 Å².